The molecule has 0 saturated carbocycles. The Morgan fingerprint density at radius 2 is 2.14 bits per heavy atom. The van der Waals surface area contributed by atoms with E-state index >= 15 is 0 Å². The number of hydrogen-bond acceptors (Lipinski definition) is 2. The third kappa shape index (κ3) is 3.81. The predicted octanol–water partition coefficient (Wildman–Crippen LogP) is 3.74. The van der Waals surface area contributed by atoms with Gasteiger partial charge < -0.3 is 4.74 Å². The van der Waals surface area contributed by atoms with E-state index in [-0.39, 0.29) is 0 Å². The van der Waals surface area contributed by atoms with Crippen LogP contribution in [0.4, 0.5) is 0 Å². The third-order valence-electron chi connectivity index (χ3n) is 1.95. The van der Waals surface area contributed by atoms with Crippen molar-refractivity contribution in [1.29, 1.82) is 0 Å². The lowest BCUT2D eigenvalue weighted by Crippen LogP contribution is -1.97. The Kier molecular flexibility index (Phi) is 5.20. The van der Waals surface area contributed by atoms with Crippen LogP contribution in [0.5, 0.6) is 5.75 Å². The molecule has 0 aliphatic heterocycles. The van der Waals surface area contributed by atoms with Crippen molar-refractivity contribution in [1.82, 2.24) is 0 Å². The molecular formula is C11H15ClOS. The van der Waals surface area contributed by atoms with Crippen molar-refractivity contribution in [2.24, 2.45) is 0 Å². The Bertz CT molecular complexity index is 289. The van der Waals surface area contributed by atoms with Gasteiger partial charge in [0.1, 0.15) is 5.75 Å². The van der Waals surface area contributed by atoms with E-state index in [4.69, 9.17) is 16.3 Å². The zero-order chi connectivity index (χ0) is 10.4. The van der Waals surface area contributed by atoms with Crippen LogP contribution < -0.4 is 4.74 Å². The number of unbranched alkanes of at least 4 members (excludes halogenated alkanes) is 1. The molecule has 1 aromatic rings. The molecule has 0 radical (unpaired) electrons. The first-order valence-electron chi connectivity index (χ1n) is 4.74. The highest BCUT2D eigenvalue weighted by Gasteiger charge is 1.97. The average molecular weight is 231 g/mol. The molecule has 0 aromatic heterocycles. The van der Waals surface area contributed by atoms with Crippen LogP contribution in [0.15, 0.2) is 18.2 Å². The highest BCUT2D eigenvalue weighted by atomic mass is 35.5. The van der Waals surface area contributed by atoms with Gasteiger partial charge in [-0.15, -0.1) is 0 Å². The zero-order valence-electron chi connectivity index (χ0n) is 8.29. The summed E-state index contributed by atoms with van der Waals surface area (Å²) in [5.74, 6) is 1.81. The maximum atomic E-state index is 5.90. The van der Waals surface area contributed by atoms with E-state index in [1.54, 1.807) is 0 Å². The van der Waals surface area contributed by atoms with E-state index in [2.05, 4.69) is 12.6 Å². The molecule has 14 heavy (non-hydrogen) atoms. The molecule has 1 aromatic carbocycles. The fourth-order valence-corrected chi connectivity index (χ4v) is 1.45. The molecule has 78 valence electrons. The monoisotopic (exact) mass is 230 g/mol. The van der Waals surface area contributed by atoms with Gasteiger partial charge in [-0.1, -0.05) is 11.6 Å². The van der Waals surface area contributed by atoms with Gasteiger partial charge in [0, 0.05) is 5.02 Å². The van der Waals surface area contributed by atoms with Gasteiger partial charge in [-0.05, 0) is 49.3 Å². The summed E-state index contributed by atoms with van der Waals surface area (Å²) in [5, 5.41) is 0.785. The van der Waals surface area contributed by atoms with Gasteiger partial charge in [0.25, 0.3) is 0 Å². The summed E-state index contributed by atoms with van der Waals surface area (Å²) in [5.41, 5.74) is 1.05. The lowest BCUT2D eigenvalue weighted by molar-refractivity contribution is 0.309. The maximum Gasteiger partial charge on any atom is 0.119 e. The molecule has 0 heterocycles. The largest absolute Gasteiger partial charge is 0.494 e. The molecule has 0 bridgehead atoms. The number of rotatable bonds is 5. The first kappa shape index (κ1) is 11.7. The average Bonchev–Trinajstić information content (AvgIpc) is 2.18. The van der Waals surface area contributed by atoms with Crippen molar-refractivity contribution in [2.75, 3.05) is 12.4 Å². The van der Waals surface area contributed by atoms with E-state index < -0.39 is 0 Å². The van der Waals surface area contributed by atoms with Crippen molar-refractivity contribution in [3.8, 4) is 5.75 Å². The second-order valence-electron chi connectivity index (χ2n) is 3.19. The van der Waals surface area contributed by atoms with Crippen LogP contribution in [0.25, 0.3) is 0 Å². The second kappa shape index (κ2) is 6.20. The SMILES string of the molecule is Cc1cc(OCCCCS)ccc1Cl. The molecule has 3 heteroatoms. The van der Waals surface area contributed by atoms with E-state index in [9.17, 15) is 0 Å². The molecule has 0 atom stereocenters. The molecule has 0 saturated heterocycles. The van der Waals surface area contributed by atoms with Gasteiger partial charge in [0.2, 0.25) is 0 Å². The highest BCUT2D eigenvalue weighted by Crippen LogP contribution is 2.21. The van der Waals surface area contributed by atoms with Crippen molar-refractivity contribution in [3.05, 3.63) is 28.8 Å². The molecule has 0 aliphatic rings. The minimum absolute atomic E-state index is 0.752. The first-order valence-corrected chi connectivity index (χ1v) is 5.75. The summed E-state index contributed by atoms with van der Waals surface area (Å²) in [7, 11) is 0. The van der Waals surface area contributed by atoms with E-state index in [0.29, 0.717) is 0 Å². The highest BCUT2D eigenvalue weighted by molar-refractivity contribution is 7.80. The summed E-state index contributed by atoms with van der Waals surface area (Å²) in [6.07, 6.45) is 2.14. The van der Waals surface area contributed by atoms with E-state index in [1.165, 1.54) is 0 Å². The summed E-state index contributed by atoms with van der Waals surface area (Å²) in [6, 6.07) is 5.73. The molecule has 0 aliphatic carbocycles. The lowest BCUT2D eigenvalue weighted by atomic mass is 10.2. The number of thiol groups is 1. The molecule has 0 amide bonds. The second-order valence-corrected chi connectivity index (χ2v) is 4.04. The van der Waals surface area contributed by atoms with Crippen LogP contribution in [0.3, 0.4) is 0 Å². The normalized spacial score (nSPS) is 10.2. The van der Waals surface area contributed by atoms with Gasteiger partial charge in [0.15, 0.2) is 0 Å². The number of aryl methyl sites for hydroxylation is 1. The molecule has 0 fully saturated rings. The molecule has 0 spiro atoms. The quantitative estimate of drug-likeness (QED) is 0.599. The van der Waals surface area contributed by atoms with Gasteiger partial charge >= 0.3 is 0 Å². The minimum atomic E-state index is 0.752. The fourth-order valence-electron chi connectivity index (χ4n) is 1.11. The van der Waals surface area contributed by atoms with Gasteiger partial charge in [-0.3, -0.25) is 0 Å². The van der Waals surface area contributed by atoms with E-state index in [1.807, 2.05) is 25.1 Å². The topological polar surface area (TPSA) is 9.23 Å². The summed E-state index contributed by atoms with van der Waals surface area (Å²) >= 11 is 10.0. The van der Waals surface area contributed by atoms with E-state index in [0.717, 1.165) is 41.5 Å². The van der Waals surface area contributed by atoms with Gasteiger partial charge in [-0.2, -0.15) is 12.6 Å². The molecular weight excluding hydrogens is 216 g/mol. The van der Waals surface area contributed by atoms with Crippen LogP contribution in [0, 0.1) is 6.92 Å². The maximum absolute atomic E-state index is 5.90. The van der Waals surface area contributed by atoms with Crippen molar-refractivity contribution < 1.29 is 4.74 Å². The Morgan fingerprint density at radius 3 is 2.79 bits per heavy atom. The molecule has 1 rings (SSSR count). The Labute approximate surface area is 95.8 Å². The minimum Gasteiger partial charge on any atom is -0.494 e. The smallest absolute Gasteiger partial charge is 0.119 e. The number of benzene rings is 1. The molecule has 0 unspecified atom stereocenters. The van der Waals surface area contributed by atoms with Crippen LogP contribution in [0.1, 0.15) is 18.4 Å². The number of halogens is 1. The van der Waals surface area contributed by atoms with Gasteiger partial charge in [-0.25, -0.2) is 0 Å². The molecule has 0 N–H and O–H groups in total. The van der Waals surface area contributed by atoms with Crippen molar-refractivity contribution in [3.63, 3.8) is 0 Å². The summed E-state index contributed by atoms with van der Waals surface area (Å²) in [4.78, 5) is 0. The summed E-state index contributed by atoms with van der Waals surface area (Å²) in [6.45, 7) is 2.73. The van der Waals surface area contributed by atoms with Crippen molar-refractivity contribution in [2.45, 2.75) is 19.8 Å². The van der Waals surface area contributed by atoms with Gasteiger partial charge in [0.05, 0.1) is 6.61 Å². The first-order chi connectivity index (χ1) is 6.74. The predicted molar refractivity (Wildman–Crippen MR) is 64.8 cm³/mol. The third-order valence-corrected chi connectivity index (χ3v) is 2.69. The number of ether oxygens (including phenoxy) is 1. The Hall–Kier alpha value is -0.340. The van der Waals surface area contributed by atoms with Crippen LogP contribution >= 0.6 is 24.2 Å². The lowest BCUT2D eigenvalue weighted by Gasteiger charge is -2.06. The summed E-state index contributed by atoms with van der Waals surface area (Å²) < 4.78 is 5.55. The van der Waals surface area contributed by atoms with Crippen molar-refractivity contribution >= 4 is 24.2 Å². The zero-order valence-corrected chi connectivity index (χ0v) is 9.94. The standard InChI is InChI=1S/C11H15ClOS/c1-9-8-10(4-5-11(9)12)13-6-2-3-7-14/h4-5,8,14H,2-3,6-7H2,1H3. The van der Waals surface area contributed by atoms with Crippen LogP contribution in [-0.2, 0) is 0 Å². The van der Waals surface area contributed by atoms with Crippen LogP contribution in [0.2, 0.25) is 5.02 Å². The number of hydrogen-bond donors (Lipinski definition) is 1. The Balaban J connectivity index is 2.39. The fraction of sp³-hybridized carbons (Fsp3) is 0.455. The van der Waals surface area contributed by atoms with Crippen LogP contribution in [-0.4, -0.2) is 12.4 Å². The molecule has 1 nitrogen and oxygen atoms in total. The Morgan fingerprint density at radius 1 is 1.36 bits per heavy atom.